The molecule has 0 unspecified atom stereocenters. The highest BCUT2D eigenvalue weighted by Crippen LogP contribution is 2.40. The minimum absolute atomic E-state index is 0.227. The van der Waals surface area contributed by atoms with Gasteiger partial charge in [-0.15, -0.1) is 0 Å². The second-order valence-electron chi connectivity index (χ2n) is 8.47. The summed E-state index contributed by atoms with van der Waals surface area (Å²) in [5.74, 6) is 0.994. The second kappa shape index (κ2) is 7.46. The molecule has 0 aromatic heterocycles. The zero-order valence-corrected chi connectivity index (χ0v) is 15.3. The Balaban J connectivity index is 1.21. The third kappa shape index (κ3) is 4.62. The first kappa shape index (κ1) is 17.0. The lowest BCUT2D eigenvalue weighted by Gasteiger charge is -2.39. The van der Waals surface area contributed by atoms with E-state index in [-0.39, 0.29) is 5.91 Å². The van der Waals surface area contributed by atoms with Crippen LogP contribution in [0.25, 0.3) is 0 Å². The third-order valence-corrected chi connectivity index (χ3v) is 6.34. The highest BCUT2D eigenvalue weighted by atomic mass is 16.2. The standard InChI is InChI=1S/C21H31N3O/c25-20(22-14-18-6-7-18)16-24-13-10-21(17-24)8-11-23(12-9-21)15-19-4-2-1-3-5-19/h1-5,18H,6-17H2,(H,22,25). The lowest BCUT2D eigenvalue weighted by atomic mass is 9.77. The van der Waals surface area contributed by atoms with Crippen LogP contribution in [0.15, 0.2) is 30.3 Å². The average molecular weight is 341 g/mol. The van der Waals surface area contributed by atoms with Crippen molar-refractivity contribution in [3.05, 3.63) is 35.9 Å². The van der Waals surface area contributed by atoms with Crippen LogP contribution in [0, 0.1) is 11.3 Å². The van der Waals surface area contributed by atoms with Gasteiger partial charge in [0.25, 0.3) is 0 Å². The molecule has 1 aromatic rings. The van der Waals surface area contributed by atoms with Crippen molar-refractivity contribution in [2.75, 3.05) is 39.3 Å². The predicted octanol–water partition coefficient (Wildman–Crippen LogP) is 2.50. The van der Waals surface area contributed by atoms with Gasteiger partial charge in [0.2, 0.25) is 5.91 Å². The first-order chi connectivity index (χ1) is 12.2. The lowest BCUT2D eigenvalue weighted by Crippen LogP contribution is -2.42. The van der Waals surface area contributed by atoms with E-state index in [0.717, 1.165) is 32.1 Å². The summed E-state index contributed by atoms with van der Waals surface area (Å²) in [5, 5.41) is 3.11. The zero-order chi connectivity index (χ0) is 17.1. The molecule has 0 bridgehead atoms. The van der Waals surface area contributed by atoms with Crippen LogP contribution in [0.3, 0.4) is 0 Å². The largest absolute Gasteiger partial charge is 0.355 e. The van der Waals surface area contributed by atoms with E-state index in [9.17, 15) is 4.79 Å². The Labute approximate surface area is 151 Å². The van der Waals surface area contributed by atoms with Crippen molar-refractivity contribution in [2.45, 2.75) is 38.6 Å². The van der Waals surface area contributed by atoms with Gasteiger partial charge in [-0.05, 0) is 68.6 Å². The molecule has 3 aliphatic rings. The molecule has 0 radical (unpaired) electrons. The van der Waals surface area contributed by atoms with Gasteiger partial charge < -0.3 is 5.32 Å². The number of nitrogens with zero attached hydrogens (tertiary/aromatic N) is 2. The normalized spacial score (nSPS) is 23.8. The van der Waals surface area contributed by atoms with Crippen LogP contribution in [-0.4, -0.2) is 55.0 Å². The number of carbonyl (C=O) groups is 1. The fourth-order valence-corrected chi connectivity index (χ4v) is 4.44. The molecule has 3 fully saturated rings. The molecule has 0 atom stereocenters. The first-order valence-corrected chi connectivity index (χ1v) is 9.96. The van der Waals surface area contributed by atoms with E-state index < -0.39 is 0 Å². The number of hydrogen-bond acceptors (Lipinski definition) is 3. The monoisotopic (exact) mass is 341 g/mol. The maximum Gasteiger partial charge on any atom is 0.234 e. The fourth-order valence-electron chi connectivity index (χ4n) is 4.44. The maximum absolute atomic E-state index is 12.1. The van der Waals surface area contributed by atoms with Crippen molar-refractivity contribution in [1.29, 1.82) is 0 Å². The lowest BCUT2D eigenvalue weighted by molar-refractivity contribution is -0.122. The summed E-state index contributed by atoms with van der Waals surface area (Å²) in [4.78, 5) is 17.1. The van der Waals surface area contributed by atoms with E-state index in [1.54, 1.807) is 0 Å². The van der Waals surface area contributed by atoms with Crippen LogP contribution in [0.2, 0.25) is 0 Å². The van der Waals surface area contributed by atoms with Gasteiger partial charge in [-0.3, -0.25) is 14.6 Å². The van der Waals surface area contributed by atoms with Crippen LogP contribution < -0.4 is 5.32 Å². The highest BCUT2D eigenvalue weighted by molar-refractivity contribution is 5.78. The predicted molar refractivity (Wildman–Crippen MR) is 100 cm³/mol. The molecular weight excluding hydrogens is 310 g/mol. The third-order valence-electron chi connectivity index (χ3n) is 6.34. The highest BCUT2D eigenvalue weighted by Gasteiger charge is 2.40. The van der Waals surface area contributed by atoms with E-state index in [1.807, 2.05) is 0 Å². The molecule has 1 saturated carbocycles. The molecule has 1 N–H and O–H groups in total. The molecular formula is C21H31N3O. The molecule has 1 amide bonds. The number of benzene rings is 1. The summed E-state index contributed by atoms with van der Waals surface area (Å²) in [6.45, 7) is 7.16. The fraction of sp³-hybridized carbons (Fsp3) is 0.667. The van der Waals surface area contributed by atoms with E-state index in [1.165, 1.54) is 50.8 Å². The molecule has 4 heteroatoms. The number of hydrogen-bond donors (Lipinski definition) is 1. The van der Waals surface area contributed by atoms with Gasteiger partial charge >= 0.3 is 0 Å². The minimum Gasteiger partial charge on any atom is -0.355 e. The van der Waals surface area contributed by atoms with Crippen molar-refractivity contribution in [3.8, 4) is 0 Å². The van der Waals surface area contributed by atoms with Crippen molar-refractivity contribution in [3.63, 3.8) is 0 Å². The van der Waals surface area contributed by atoms with Gasteiger partial charge in [0, 0.05) is 19.6 Å². The first-order valence-electron chi connectivity index (χ1n) is 9.96. The van der Waals surface area contributed by atoms with Gasteiger partial charge in [-0.1, -0.05) is 30.3 Å². The summed E-state index contributed by atoms with van der Waals surface area (Å²) in [5.41, 5.74) is 1.88. The second-order valence-corrected chi connectivity index (χ2v) is 8.47. The molecule has 25 heavy (non-hydrogen) atoms. The van der Waals surface area contributed by atoms with Gasteiger partial charge in [0.15, 0.2) is 0 Å². The van der Waals surface area contributed by atoms with Gasteiger partial charge in [0.1, 0.15) is 0 Å². The van der Waals surface area contributed by atoms with Crippen molar-refractivity contribution in [2.24, 2.45) is 11.3 Å². The Kier molecular flexibility index (Phi) is 5.09. The van der Waals surface area contributed by atoms with Crippen molar-refractivity contribution >= 4 is 5.91 Å². The van der Waals surface area contributed by atoms with Crippen LogP contribution >= 0.6 is 0 Å². The Bertz CT molecular complexity index is 576. The van der Waals surface area contributed by atoms with E-state index in [2.05, 4.69) is 45.4 Å². The SMILES string of the molecule is O=C(CN1CCC2(CCN(Cc3ccccc3)CC2)C1)NCC1CC1. The van der Waals surface area contributed by atoms with Gasteiger partial charge in [0.05, 0.1) is 6.54 Å². The molecule has 136 valence electrons. The van der Waals surface area contributed by atoms with Crippen molar-refractivity contribution < 1.29 is 4.79 Å². The molecule has 1 spiro atoms. The topological polar surface area (TPSA) is 35.6 Å². The van der Waals surface area contributed by atoms with Crippen LogP contribution in [0.5, 0.6) is 0 Å². The summed E-state index contributed by atoms with van der Waals surface area (Å²) in [6.07, 6.45) is 6.42. The Morgan fingerprint density at radius 2 is 1.72 bits per heavy atom. The molecule has 2 aliphatic heterocycles. The quantitative estimate of drug-likeness (QED) is 0.863. The number of amides is 1. The number of piperidine rings is 1. The summed E-state index contributed by atoms with van der Waals surface area (Å²) >= 11 is 0. The zero-order valence-electron chi connectivity index (χ0n) is 15.3. The van der Waals surface area contributed by atoms with Gasteiger partial charge in [-0.2, -0.15) is 0 Å². The summed E-state index contributed by atoms with van der Waals surface area (Å²) < 4.78 is 0. The molecule has 4 nitrogen and oxygen atoms in total. The summed E-state index contributed by atoms with van der Waals surface area (Å²) in [7, 11) is 0. The van der Waals surface area contributed by atoms with E-state index >= 15 is 0 Å². The maximum atomic E-state index is 12.1. The molecule has 2 saturated heterocycles. The number of likely N-dealkylation sites (tertiary alicyclic amines) is 2. The molecule has 2 heterocycles. The molecule has 4 rings (SSSR count). The number of carbonyl (C=O) groups excluding carboxylic acids is 1. The van der Waals surface area contributed by atoms with Crippen LogP contribution in [0.1, 0.15) is 37.7 Å². The van der Waals surface area contributed by atoms with E-state index in [4.69, 9.17) is 0 Å². The minimum atomic E-state index is 0.227. The molecule has 1 aliphatic carbocycles. The Hall–Kier alpha value is -1.39. The van der Waals surface area contributed by atoms with Gasteiger partial charge in [-0.25, -0.2) is 0 Å². The van der Waals surface area contributed by atoms with E-state index in [0.29, 0.717) is 12.0 Å². The van der Waals surface area contributed by atoms with Crippen LogP contribution in [0.4, 0.5) is 0 Å². The Morgan fingerprint density at radius 1 is 1.04 bits per heavy atom. The smallest absolute Gasteiger partial charge is 0.234 e. The summed E-state index contributed by atoms with van der Waals surface area (Å²) in [6, 6.07) is 10.8. The average Bonchev–Trinajstić information content (AvgIpc) is 3.39. The van der Waals surface area contributed by atoms with Crippen LogP contribution in [-0.2, 0) is 11.3 Å². The number of rotatable bonds is 6. The number of nitrogens with one attached hydrogen (secondary N) is 1. The van der Waals surface area contributed by atoms with Crippen molar-refractivity contribution in [1.82, 2.24) is 15.1 Å². The molecule has 1 aromatic carbocycles. The Morgan fingerprint density at radius 3 is 2.40 bits per heavy atom.